The first kappa shape index (κ1) is 18.2. The second-order valence-electron chi connectivity index (χ2n) is 5.27. The first-order valence-electron chi connectivity index (χ1n) is 7.44. The molecule has 0 aliphatic rings. The number of hydrogen-bond donors (Lipinski definition) is 2. The Hall–Kier alpha value is -3.19. The number of aliphatic carboxylic acids is 1. The lowest BCUT2D eigenvalue weighted by Crippen LogP contribution is -2.32. The highest BCUT2D eigenvalue weighted by atomic mass is 16.5. The number of ether oxygens (including phenoxy) is 2. The summed E-state index contributed by atoms with van der Waals surface area (Å²) in [5, 5.41) is 8.80. The Morgan fingerprint density at radius 1 is 1.04 bits per heavy atom. The van der Waals surface area contributed by atoms with E-state index in [4.69, 9.17) is 20.3 Å². The highest BCUT2D eigenvalue weighted by Gasteiger charge is 2.16. The van der Waals surface area contributed by atoms with Crippen LogP contribution in [0.3, 0.4) is 0 Å². The number of carbonyl (C=O) groups excluding carboxylic acids is 2. The molecule has 0 amide bonds. The fraction of sp³-hybridized carbons (Fsp3) is 0.167. The minimum Gasteiger partial charge on any atom is -0.480 e. The van der Waals surface area contributed by atoms with Gasteiger partial charge in [-0.3, -0.25) is 9.59 Å². The van der Waals surface area contributed by atoms with Crippen molar-refractivity contribution >= 4 is 17.9 Å². The molecule has 0 heterocycles. The van der Waals surface area contributed by atoms with Gasteiger partial charge in [-0.2, -0.15) is 0 Å². The zero-order valence-corrected chi connectivity index (χ0v) is 13.5. The molecule has 0 radical (unpaired) electrons. The summed E-state index contributed by atoms with van der Waals surface area (Å²) in [5.41, 5.74) is 6.30. The molecule has 7 nitrogen and oxygen atoms in total. The van der Waals surface area contributed by atoms with Crippen LogP contribution in [0.15, 0.2) is 48.5 Å². The van der Waals surface area contributed by atoms with Gasteiger partial charge in [0.2, 0.25) is 0 Å². The zero-order chi connectivity index (χ0) is 18.4. The number of hydrogen-bond acceptors (Lipinski definition) is 6. The van der Waals surface area contributed by atoms with Crippen molar-refractivity contribution in [3.05, 3.63) is 59.7 Å². The summed E-state index contributed by atoms with van der Waals surface area (Å²) in [6.07, 6.45) is 0.166. The molecule has 130 valence electrons. The number of nitrogens with two attached hydrogens (primary N) is 1. The zero-order valence-electron chi connectivity index (χ0n) is 13.5. The number of para-hydroxylation sites is 1. The maximum atomic E-state index is 12.3. The predicted octanol–water partition coefficient (Wildman–Crippen LogP) is 1.79. The Balaban J connectivity index is 2.08. The quantitative estimate of drug-likeness (QED) is 0.606. The molecule has 0 saturated heterocycles. The van der Waals surface area contributed by atoms with Crippen molar-refractivity contribution in [1.82, 2.24) is 0 Å². The van der Waals surface area contributed by atoms with Gasteiger partial charge in [0.15, 0.2) is 0 Å². The van der Waals surface area contributed by atoms with Crippen molar-refractivity contribution in [3.63, 3.8) is 0 Å². The Bertz CT molecular complexity index is 784. The van der Waals surface area contributed by atoms with Crippen LogP contribution in [0.2, 0.25) is 0 Å². The third kappa shape index (κ3) is 5.15. The van der Waals surface area contributed by atoms with E-state index >= 15 is 0 Å². The molecular weight excluding hydrogens is 326 g/mol. The van der Waals surface area contributed by atoms with E-state index in [0.29, 0.717) is 5.56 Å². The molecule has 0 fully saturated rings. The molecule has 0 aliphatic heterocycles. The number of rotatable bonds is 6. The highest BCUT2D eigenvalue weighted by Crippen LogP contribution is 2.21. The third-order valence-electron chi connectivity index (χ3n) is 3.27. The Kier molecular flexibility index (Phi) is 5.86. The Morgan fingerprint density at radius 3 is 2.28 bits per heavy atom. The molecule has 0 aliphatic carbocycles. The van der Waals surface area contributed by atoms with Crippen molar-refractivity contribution in [3.8, 4) is 11.5 Å². The van der Waals surface area contributed by atoms with Crippen molar-refractivity contribution in [1.29, 1.82) is 0 Å². The Morgan fingerprint density at radius 2 is 1.68 bits per heavy atom. The molecular formula is C18H17NO6. The van der Waals surface area contributed by atoms with E-state index in [0.717, 1.165) is 0 Å². The number of esters is 2. The van der Waals surface area contributed by atoms with Crippen molar-refractivity contribution in [2.24, 2.45) is 5.73 Å². The van der Waals surface area contributed by atoms with Gasteiger partial charge in [-0.1, -0.05) is 24.3 Å². The standard InChI is InChI=1S/C18H17NO6/c1-11(20)24-16-5-3-2-4-14(16)18(23)25-13-8-6-12(7-9-13)10-15(19)17(21)22/h2-9,15H,10,19H2,1H3,(H,21,22). The molecule has 25 heavy (non-hydrogen) atoms. The maximum absolute atomic E-state index is 12.3. The highest BCUT2D eigenvalue weighted by molar-refractivity contribution is 5.94. The normalized spacial score (nSPS) is 11.4. The van der Waals surface area contributed by atoms with Crippen LogP contribution in [0.1, 0.15) is 22.8 Å². The van der Waals surface area contributed by atoms with Gasteiger partial charge in [-0.25, -0.2) is 4.79 Å². The van der Waals surface area contributed by atoms with Gasteiger partial charge >= 0.3 is 17.9 Å². The number of benzene rings is 2. The largest absolute Gasteiger partial charge is 0.480 e. The van der Waals surface area contributed by atoms with Gasteiger partial charge in [-0.15, -0.1) is 0 Å². The van der Waals surface area contributed by atoms with Crippen LogP contribution in [-0.2, 0) is 16.0 Å². The molecule has 0 aromatic heterocycles. The van der Waals surface area contributed by atoms with Crippen molar-refractivity contribution < 1.29 is 29.0 Å². The average molecular weight is 343 g/mol. The summed E-state index contributed by atoms with van der Waals surface area (Å²) in [6.45, 7) is 1.24. The summed E-state index contributed by atoms with van der Waals surface area (Å²) in [6, 6.07) is 11.6. The second kappa shape index (κ2) is 8.07. The van der Waals surface area contributed by atoms with E-state index in [1.54, 1.807) is 24.3 Å². The minimum absolute atomic E-state index is 0.115. The molecule has 2 rings (SSSR count). The predicted molar refractivity (Wildman–Crippen MR) is 88.5 cm³/mol. The van der Waals surface area contributed by atoms with Gasteiger partial charge in [0, 0.05) is 6.92 Å². The molecule has 7 heteroatoms. The fourth-order valence-corrected chi connectivity index (χ4v) is 2.08. The van der Waals surface area contributed by atoms with Gasteiger partial charge in [0.25, 0.3) is 0 Å². The van der Waals surface area contributed by atoms with Gasteiger partial charge in [0.1, 0.15) is 23.1 Å². The minimum atomic E-state index is -1.09. The third-order valence-corrected chi connectivity index (χ3v) is 3.27. The van der Waals surface area contributed by atoms with E-state index < -0.39 is 23.9 Å². The van der Waals surface area contributed by atoms with Crippen molar-refractivity contribution in [2.45, 2.75) is 19.4 Å². The van der Waals surface area contributed by atoms with Crippen LogP contribution in [0.5, 0.6) is 11.5 Å². The smallest absolute Gasteiger partial charge is 0.347 e. The average Bonchev–Trinajstić information content (AvgIpc) is 2.56. The summed E-state index contributed by atoms with van der Waals surface area (Å²) in [5.74, 6) is -1.91. The molecule has 0 bridgehead atoms. The Labute approximate surface area is 144 Å². The number of carboxylic acid groups (broad SMARTS) is 1. The lowest BCUT2D eigenvalue weighted by Gasteiger charge is -2.10. The molecule has 2 aromatic rings. The van der Waals surface area contributed by atoms with E-state index in [1.807, 2.05) is 0 Å². The summed E-state index contributed by atoms with van der Waals surface area (Å²) < 4.78 is 10.2. The molecule has 1 unspecified atom stereocenters. The van der Waals surface area contributed by atoms with Crippen LogP contribution >= 0.6 is 0 Å². The van der Waals surface area contributed by atoms with Crippen LogP contribution in [-0.4, -0.2) is 29.1 Å². The molecule has 3 N–H and O–H groups in total. The van der Waals surface area contributed by atoms with Gasteiger partial charge in [-0.05, 0) is 36.2 Å². The molecule has 0 saturated carbocycles. The topological polar surface area (TPSA) is 116 Å². The van der Waals surface area contributed by atoms with E-state index in [1.165, 1.54) is 31.2 Å². The molecule has 1 atom stereocenters. The van der Waals surface area contributed by atoms with Crippen LogP contribution in [0.4, 0.5) is 0 Å². The lowest BCUT2D eigenvalue weighted by atomic mass is 10.1. The SMILES string of the molecule is CC(=O)Oc1ccccc1C(=O)Oc1ccc(CC(N)C(=O)O)cc1. The monoisotopic (exact) mass is 343 g/mol. The van der Waals surface area contributed by atoms with Crippen LogP contribution in [0.25, 0.3) is 0 Å². The van der Waals surface area contributed by atoms with E-state index in [2.05, 4.69) is 0 Å². The van der Waals surface area contributed by atoms with Crippen LogP contribution < -0.4 is 15.2 Å². The summed E-state index contributed by atoms with van der Waals surface area (Å²) in [7, 11) is 0. The lowest BCUT2D eigenvalue weighted by molar-refractivity contribution is -0.138. The fourth-order valence-electron chi connectivity index (χ4n) is 2.08. The molecule has 0 spiro atoms. The van der Waals surface area contributed by atoms with Crippen molar-refractivity contribution in [2.75, 3.05) is 0 Å². The number of carboxylic acids is 1. The summed E-state index contributed by atoms with van der Waals surface area (Å²) >= 11 is 0. The first-order valence-corrected chi connectivity index (χ1v) is 7.44. The second-order valence-corrected chi connectivity index (χ2v) is 5.27. The number of carbonyl (C=O) groups is 3. The van der Waals surface area contributed by atoms with E-state index in [9.17, 15) is 14.4 Å². The first-order chi connectivity index (χ1) is 11.9. The van der Waals surface area contributed by atoms with Crippen LogP contribution in [0, 0.1) is 0 Å². The van der Waals surface area contributed by atoms with Gasteiger partial charge in [0.05, 0.1) is 0 Å². The van der Waals surface area contributed by atoms with Gasteiger partial charge < -0.3 is 20.3 Å². The molecule has 2 aromatic carbocycles. The summed E-state index contributed by atoms with van der Waals surface area (Å²) in [4.78, 5) is 34.1. The maximum Gasteiger partial charge on any atom is 0.347 e. The van der Waals surface area contributed by atoms with E-state index in [-0.39, 0.29) is 23.5 Å².